The number of fused-ring (bicyclic) bond motifs is 1. The Morgan fingerprint density at radius 3 is 2.64 bits per heavy atom. The first kappa shape index (κ1) is 17.2. The van der Waals surface area contributed by atoms with Gasteiger partial charge in [-0.1, -0.05) is 30.3 Å². The fraction of sp³-hybridized carbons (Fsp3) is 0.286. The molecule has 1 aliphatic rings. The smallest absolute Gasteiger partial charge is 0.145 e. The minimum atomic E-state index is 0.468. The second kappa shape index (κ2) is 6.91. The van der Waals surface area contributed by atoms with Crippen molar-refractivity contribution in [2.24, 2.45) is 0 Å². The van der Waals surface area contributed by atoms with Crippen molar-refractivity contribution in [1.82, 2.24) is 20.2 Å². The lowest BCUT2D eigenvalue weighted by Gasteiger charge is -2.33. The monoisotopic (exact) mass is 390 g/mol. The van der Waals surface area contributed by atoms with Gasteiger partial charge in [-0.05, 0) is 25.3 Å². The van der Waals surface area contributed by atoms with Crippen LogP contribution in [0.5, 0.6) is 0 Å². The first-order valence-corrected chi connectivity index (χ1v) is 10.4. The van der Waals surface area contributed by atoms with E-state index >= 15 is 0 Å². The third kappa shape index (κ3) is 3.01. The third-order valence-corrected chi connectivity index (χ3v) is 6.34. The number of benzene rings is 1. The van der Waals surface area contributed by atoms with Crippen molar-refractivity contribution in [2.75, 3.05) is 23.7 Å². The van der Waals surface area contributed by atoms with E-state index in [4.69, 9.17) is 15.7 Å². The number of anilines is 2. The molecule has 5 rings (SSSR count). The maximum atomic E-state index is 5.77. The predicted octanol–water partition coefficient (Wildman–Crippen LogP) is 4.36. The summed E-state index contributed by atoms with van der Waals surface area (Å²) in [4.78, 5) is 13.0. The highest BCUT2D eigenvalue weighted by Gasteiger charge is 2.26. The maximum Gasteiger partial charge on any atom is 0.145 e. The van der Waals surface area contributed by atoms with E-state index in [1.807, 2.05) is 19.1 Å². The van der Waals surface area contributed by atoms with Crippen LogP contribution >= 0.6 is 11.3 Å². The molecule has 1 fully saturated rings. The molecule has 1 saturated heterocycles. The lowest BCUT2D eigenvalue weighted by atomic mass is 9.93. The van der Waals surface area contributed by atoms with Gasteiger partial charge in [0.1, 0.15) is 22.3 Å². The van der Waals surface area contributed by atoms with Gasteiger partial charge in [0.2, 0.25) is 0 Å². The predicted molar refractivity (Wildman–Crippen MR) is 115 cm³/mol. The van der Waals surface area contributed by atoms with Crippen molar-refractivity contribution in [3.8, 4) is 11.1 Å². The number of nitrogen functional groups attached to an aromatic ring is 1. The zero-order chi connectivity index (χ0) is 19.1. The summed E-state index contributed by atoms with van der Waals surface area (Å²) >= 11 is 1.70. The van der Waals surface area contributed by atoms with Crippen molar-refractivity contribution < 1.29 is 0 Å². The fourth-order valence-electron chi connectivity index (χ4n) is 4.05. The maximum absolute atomic E-state index is 5.77. The Morgan fingerprint density at radius 2 is 1.93 bits per heavy atom. The molecular formula is C21H22N6S. The Labute approximate surface area is 167 Å². The van der Waals surface area contributed by atoms with Gasteiger partial charge in [0.15, 0.2) is 0 Å². The first-order valence-electron chi connectivity index (χ1n) is 9.56. The molecule has 0 spiro atoms. The van der Waals surface area contributed by atoms with E-state index in [1.165, 1.54) is 16.5 Å². The number of aromatic amines is 1. The summed E-state index contributed by atoms with van der Waals surface area (Å²) in [5.74, 6) is 2.92. The van der Waals surface area contributed by atoms with Crippen LogP contribution < -0.4 is 10.6 Å². The summed E-state index contributed by atoms with van der Waals surface area (Å²) in [5.41, 5.74) is 9.35. The lowest BCUT2D eigenvalue weighted by Crippen LogP contribution is -2.34. The van der Waals surface area contributed by atoms with Gasteiger partial charge in [-0.25, -0.2) is 9.97 Å². The highest BCUT2D eigenvalue weighted by molar-refractivity contribution is 7.17. The van der Waals surface area contributed by atoms with Crippen LogP contribution in [-0.2, 0) is 0 Å². The molecule has 3 aromatic heterocycles. The number of aromatic nitrogens is 4. The molecule has 0 atom stereocenters. The third-order valence-electron chi connectivity index (χ3n) is 5.46. The van der Waals surface area contributed by atoms with Crippen LogP contribution in [0.1, 0.15) is 30.3 Å². The van der Waals surface area contributed by atoms with E-state index in [0.29, 0.717) is 11.7 Å². The summed E-state index contributed by atoms with van der Waals surface area (Å²) in [6.07, 6.45) is 2.11. The van der Waals surface area contributed by atoms with Gasteiger partial charge < -0.3 is 10.6 Å². The van der Waals surface area contributed by atoms with Crippen molar-refractivity contribution in [1.29, 1.82) is 0 Å². The van der Waals surface area contributed by atoms with Crippen molar-refractivity contribution in [3.05, 3.63) is 53.3 Å². The second-order valence-electron chi connectivity index (χ2n) is 7.30. The SMILES string of the molecule is Cc1nc(N2CCC(c3cc(N)n[nH]3)CC2)c2c(-c3ccccc3)csc2n1. The molecule has 0 aliphatic carbocycles. The number of nitrogens with one attached hydrogen (secondary N) is 1. The van der Waals surface area contributed by atoms with Crippen LogP contribution in [0.25, 0.3) is 21.3 Å². The summed E-state index contributed by atoms with van der Waals surface area (Å²) in [6, 6.07) is 12.5. The molecule has 0 amide bonds. The molecule has 4 heterocycles. The molecule has 1 aromatic carbocycles. The minimum Gasteiger partial charge on any atom is -0.382 e. The largest absolute Gasteiger partial charge is 0.382 e. The van der Waals surface area contributed by atoms with Gasteiger partial charge in [-0.3, -0.25) is 5.10 Å². The number of hydrogen-bond donors (Lipinski definition) is 2. The summed E-state index contributed by atoms with van der Waals surface area (Å²) in [5, 5.41) is 10.5. The molecule has 0 saturated carbocycles. The first-order chi connectivity index (χ1) is 13.7. The average molecular weight is 391 g/mol. The van der Waals surface area contributed by atoms with Crippen molar-refractivity contribution in [2.45, 2.75) is 25.7 Å². The van der Waals surface area contributed by atoms with Crippen molar-refractivity contribution in [3.63, 3.8) is 0 Å². The Kier molecular flexibility index (Phi) is 4.24. The Hall–Kier alpha value is -2.93. The number of aryl methyl sites for hydroxylation is 1. The van der Waals surface area contributed by atoms with Crippen LogP contribution in [-0.4, -0.2) is 33.3 Å². The quantitative estimate of drug-likeness (QED) is 0.543. The molecule has 0 bridgehead atoms. The van der Waals surface area contributed by atoms with E-state index in [1.54, 1.807) is 11.3 Å². The average Bonchev–Trinajstić information content (AvgIpc) is 3.34. The van der Waals surface area contributed by atoms with Gasteiger partial charge in [-0.15, -0.1) is 11.3 Å². The van der Waals surface area contributed by atoms with Crippen molar-refractivity contribution >= 4 is 33.2 Å². The van der Waals surface area contributed by atoms with Crippen LogP contribution in [0.4, 0.5) is 11.6 Å². The van der Waals surface area contributed by atoms with Crippen LogP contribution in [0.2, 0.25) is 0 Å². The second-order valence-corrected chi connectivity index (χ2v) is 8.16. The van der Waals surface area contributed by atoms with Crippen LogP contribution in [0, 0.1) is 6.92 Å². The van der Waals surface area contributed by atoms with E-state index < -0.39 is 0 Å². The fourth-order valence-corrected chi connectivity index (χ4v) is 5.04. The standard InChI is InChI=1S/C21H22N6S/c1-13-23-20(27-9-7-15(8-10-27)17-11-18(22)26-25-17)19-16(12-28-21(19)24-13)14-5-3-2-4-6-14/h2-6,11-12,15H,7-10H2,1H3,(H3,22,25,26). The van der Waals surface area contributed by atoms with Gasteiger partial charge in [0.25, 0.3) is 0 Å². The molecule has 6 nitrogen and oxygen atoms in total. The Morgan fingerprint density at radius 1 is 1.14 bits per heavy atom. The Bertz CT molecular complexity index is 1110. The number of hydrogen-bond acceptors (Lipinski definition) is 6. The van der Waals surface area contributed by atoms with Gasteiger partial charge >= 0.3 is 0 Å². The molecule has 142 valence electrons. The lowest BCUT2D eigenvalue weighted by molar-refractivity contribution is 0.493. The Balaban J connectivity index is 1.50. The molecular weight excluding hydrogens is 368 g/mol. The number of rotatable bonds is 3. The van der Waals surface area contributed by atoms with E-state index in [9.17, 15) is 0 Å². The molecule has 0 radical (unpaired) electrons. The molecule has 7 heteroatoms. The zero-order valence-electron chi connectivity index (χ0n) is 15.7. The number of thiophene rings is 1. The number of H-pyrrole nitrogens is 1. The van der Waals surface area contributed by atoms with Crippen LogP contribution in [0.15, 0.2) is 41.8 Å². The molecule has 1 aliphatic heterocycles. The number of nitrogens with two attached hydrogens (primary N) is 1. The normalized spacial score (nSPS) is 15.4. The summed E-state index contributed by atoms with van der Waals surface area (Å²) < 4.78 is 0. The zero-order valence-corrected chi connectivity index (χ0v) is 16.5. The summed E-state index contributed by atoms with van der Waals surface area (Å²) in [6.45, 7) is 3.89. The topological polar surface area (TPSA) is 83.7 Å². The van der Waals surface area contributed by atoms with E-state index in [0.717, 1.165) is 48.1 Å². The molecule has 3 N–H and O–H groups in total. The summed E-state index contributed by atoms with van der Waals surface area (Å²) in [7, 11) is 0. The van der Waals surface area contributed by atoms with E-state index in [2.05, 4.69) is 44.7 Å². The minimum absolute atomic E-state index is 0.468. The molecule has 0 unspecified atom stereocenters. The van der Waals surface area contributed by atoms with Gasteiger partial charge in [0, 0.05) is 41.7 Å². The highest BCUT2D eigenvalue weighted by atomic mass is 32.1. The number of piperidine rings is 1. The number of nitrogens with zero attached hydrogens (tertiary/aromatic N) is 4. The van der Waals surface area contributed by atoms with Gasteiger partial charge in [0.05, 0.1) is 5.39 Å². The molecule has 4 aromatic rings. The van der Waals surface area contributed by atoms with E-state index in [-0.39, 0.29) is 0 Å². The molecule has 28 heavy (non-hydrogen) atoms. The van der Waals surface area contributed by atoms with Gasteiger partial charge in [-0.2, -0.15) is 5.10 Å². The van der Waals surface area contributed by atoms with Crippen LogP contribution in [0.3, 0.4) is 0 Å². The highest BCUT2D eigenvalue weighted by Crippen LogP contribution is 2.40.